The number of hydrogen-bond donors (Lipinski definition) is 0. The quantitative estimate of drug-likeness (QED) is 0.319. The first-order valence-corrected chi connectivity index (χ1v) is 9.50. The van der Waals surface area contributed by atoms with Crippen LogP contribution < -0.4 is 0 Å². The molecule has 2 heterocycles. The van der Waals surface area contributed by atoms with Crippen LogP contribution in [0.4, 0.5) is 13.2 Å². The van der Waals surface area contributed by atoms with Gasteiger partial charge in [-0.3, -0.25) is 9.78 Å². The summed E-state index contributed by atoms with van der Waals surface area (Å²) in [6.45, 7) is 0. The van der Waals surface area contributed by atoms with Crippen LogP contribution in [0.2, 0.25) is 0 Å². The average molecular weight is 402 g/mol. The predicted molar refractivity (Wildman–Crippen MR) is 102 cm³/mol. The van der Waals surface area contributed by atoms with Gasteiger partial charge in [-0.15, -0.1) is 0 Å². The van der Waals surface area contributed by atoms with E-state index in [0.29, 0.717) is 24.5 Å². The van der Waals surface area contributed by atoms with Gasteiger partial charge in [0.2, 0.25) is 0 Å². The second kappa shape index (κ2) is 9.49. The van der Waals surface area contributed by atoms with Gasteiger partial charge in [0.1, 0.15) is 5.69 Å². The minimum absolute atomic E-state index is 0.113. The minimum Gasteiger partial charge on any atom is -0.439 e. The first-order valence-electron chi connectivity index (χ1n) is 9.50. The number of nitrogens with zero attached hydrogens (tertiary/aromatic N) is 2. The molecule has 0 amide bonds. The van der Waals surface area contributed by atoms with E-state index in [-0.39, 0.29) is 17.8 Å². The molecule has 0 bridgehead atoms. The molecular weight excluding hydrogens is 381 g/mol. The molecule has 0 saturated carbocycles. The monoisotopic (exact) mass is 402 g/mol. The molecule has 0 aliphatic carbocycles. The number of halogens is 3. The van der Waals surface area contributed by atoms with E-state index in [1.54, 1.807) is 12.4 Å². The molecule has 7 heteroatoms. The van der Waals surface area contributed by atoms with E-state index in [4.69, 9.17) is 4.42 Å². The highest BCUT2D eigenvalue weighted by molar-refractivity contribution is 5.96. The maximum absolute atomic E-state index is 12.7. The molecule has 3 aromatic rings. The predicted octanol–water partition coefficient (Wildman–Crippen LogP) is 6.13. The Balaban J connectivity index is 1.37. The third-order valence-corrected chi connectivity index (χ3v) is 4.53. The SMILES string of the molecule is O=C(CCCCCCc1ncc(-c2ccccn2)o1)c1cccc(C(F)(F)F)c1. The van der Waals surface area contributed by atoms with Gasteiger partial charge in [-0.05, 0) is 37.1 Å². The van der Waals surface area contributed by atoms with Crippen molar-refractivity contribution in [1.29, 1.82) is 0 Å². The third-order valence-electron chi connectivity index (χ3n) is 4.53. The maximum atomic E-state index is 12.7. The molecule has 1 aromatic carbocycles. The van der Waals surface area contributed by atoms with Crippen LogP contribution in [0.3, 0.4) is 0 Å². The molecule has 0 radical (unpaired) electrons. The number of benzene rings is 1. The number of aromatic nitrogens is 2. The van der Waals surface area contributed by atoms with E-state index < -0.39 is 11.7 Å². The fourth-order valence-electron chi connectivity index (χ4n) is 2.98. The van der Waals surface area contributed by atoms with Gasteiger partial charge in [-0.25, -0.2) is 4.98 Å². The zero-order chi connectivity index (χ0) is 20.7. The Morgan fingerprint density at radius 3 is 2.55 bits per heavy atom. The van der Waals surface area contributed by atoms with Gasteiger partial charge in [-0.2, -0.15) is 13.2 Å². The molecule has 0 spiro atoms. The Bertz CT molecular complexity index is 936. The van der Waals surface area contributed by atoms with Gasteiger partial charge in [0.15, 0.2) is 17.4 Å². The highest BCUT2D eigenvalue weighted by Crippen LogP contribution is 2.29. The first-order chi connectivity index (χ1) is 13.9. The topological polar surface area (TPSA) is 56.0 Å². The molecule has 0 aliphatic rings. The lowest BCUT2D eigenvalue weighted by atomic mass is 10.0. The zero-order valence-corrected chi connectivity index (χ0v) is 15.8. The summed E-state index contributed by atoms with van der Waals surface area (Å²) < 4.78 is 43.9. The van der Waals surface area contributed by atoms with Crippen molar-refractivity contribution in [2.45, 2.75) is 44.7 Å². The van der Waals surface area contributed by atoms with E-state index in [1.165, 1.54) is 12.1 Å². The maximum Gasteiger partial charge on any atom is 0.416 e. The van der Waals surface area contributed by atoms with Crippen LogP contribution in [-0.2, 0) is 12.6 Å². The van der Waals surface area contributed by atoms with Crippen LogP contribution in [0, 0.1) is 0 Å². The van der Waals surface area contributed by atoms with E-state index in [9.17, 15) is 18.0 Å². The number of Topliss-reactive ketones (excluding diaryl/α,β-unsaturated/α-hetero) is 1. The highest BCUT2D eigenvalue weighted by atomic mass is 19.4. The van der Waals surface area contributed by atoms with Crippen molar-refractivity contribution >= 4 is 5.78 Å². The second-order valence-electron chi connectivity index (χ2n) is 6.75. The Morgan fingerprint density at radius 2 is 1.79 bits per heavy atom. The van der Waals surface area contributed by atoms with Crippen molar-refractivity contribution in [2.75, 3.05) is 0 Å². The lowest BCUT2D eigenvalue weighted by Gasteiger charge is -2.08. The van der Waals surface area contributed by atoms with E-state index in [1.807, 2.05) is 18.2 Å². The van der Waals surface area contributed by atoms with Gasteiger partial charge in [0, 0.05) is 24.6 Å². The molecule has 0 saturated heterocycles. The molecule has 0 unspecified atom stereocenters. The Kier molecular flexibility index (Phi) is 6.80. The second-order valence-corrected chi connectivity index (χ2v) is 6.75. The normalized spacial score (nSPS) is 11.6. The summed E-state index contributed by atoms with van der Waals surface area (Å²) in [7, 11) is 0. The zero-order valence-electron chi connectivity index (χ0n) is 15.8. The van der Waals surface area contributed by atoms with Gasteiger partial charge in [0.25, 0.3) is 0 Å². The fraction of sp³-hybridized carbons (Fsp3) is 0.318. The number of aryl methyl sites for hydroxylation is 1. The third kappa shape index (κ3) is 6.01. The van der Waals surface area contributed by atoms with E-state index in [2.05, 4.69) is 9.97 Å². The van der Waals surface area contributed by atoms with Crippen LogP contribution in [0.1, 0.15) is 53.9 Å². The number of rotatable bonds is 9. The van der Waals surface area contributed by atoms with Crippen molar-refractivity contribution < 1.29 is 22.4 Å². The highest BCUT2D eigenvalue weighted by Gasteiger charge is 2.30. The van der Waals surface area contributed by atoms with Crippen LogP contribution in [-0.4, -0.2) is 15.8 Å². The molecular formula is C22H21F3N2O2. The van der Waals surface area contributed by atoms with Crippen molar-refractivity contribution in [1.82, 2.24) is 9.97 Å². The molecule has 152 valence electrons. The Labute approximate surface area is 166 Å². The van der Waals surface area contributed by atoms with Gasteiger partial charge >= 0.3 is 6.18 Å². The largest absolute Gasteiger partial charge is 0.439 e. The van der Waals surface area contributed by atoms with Crippen molar-refractivity contribution in [3.63, 3.8) is 0 Å². The van der Waals surface area contributed by atoms with Gasteiger partial charge in [0.05, 0.1) is 11.8 Å². The molecule has 0 fully saturated rings. The number of pyridine rings is 1. The standard InChI is InChI=1S/C22H21F3N2O2/c23-22(24,25)17-9-7-8-16(14-17)19(28)11-3-1-2-4-12-21-27-15-20(29-21)18-10-5-6-13-26-18/h5-10,13-15H,1-4,11-12H2. The summed E-state index contributed by atoms with van der Waals surface area (Å²) in [6.07, 6.45) is 3.05. The number of carbonyl (C=O) groups excluding carboxylic acids is 1. The molecule has 0 N–H and O–H groups in total. The van der Waals surface area contributed by atoms with Crippen LogP contribution >= 0.6 is 0 Å². The first kappa shape index (κ1) is 20.8. The lowest BCUT2D eigenvalue weighted by molar-refractivity contribution is -0.137. The van der Waals surface area contributed by atoms with Crippen molar-refractivity contribution in [3.8, 4) is 11.5 Å². The Morgan fingerprint density at radius 1 is 0.966 bits per heavy atom. The summed E-state index contributed by atoms with van der Waals surface area (Å²) in [5.74, 6) is 1.02. The molecule has 29 heavy (non-hydrogen) atoms. The van der Waals surface area contributed by atoms with E-state index >= 15 is 0 Å². The minimum atomic E-state index is -4.44. The molecule has 4 nitrogen and oxygen atoms in total. The summed E-state index contributed by atoms with van der Waals surface area (Å²) in [5.41, 5.74) is 0.0559. The summed E-state index contributed by atoms with van der Waals surface area (Å²) in [4.78, 5) is 20.6. The number of carbonyl (C=O) groups is 1. The smallest absolute Gasteiger partial charge is 0.416 e. The summed E-state index contributed by atoms with van der Waals surface area (Å²) >= 11 is 0. The van der Waals surface area contributed by atoms with Crippen molar-refractivity contribution in [2.24, 2.45) is 0 Å². The number of hydrogen-bond acceptors (Lipinski definition) is 4. The Hall–Kier alpha value is -2.96. The number of oxazole rings is 1. The summed E-state index contributed by atoms with van der Waals surface area (Å²) in [6, 6.07) is 10.2. The molecule has 0 aliphatic heterocycles. The fourth-order valence-corrected chi connectivity index (χ4v) is 2.98. The summed E-state index contributed by atoms with van der Waals surface area (Å²) in [5, 5.41) is 0. The number of alkyl halides is 3. The molecule has 3 rings (SSSR count). The van der Waals surface area contributed by atoms with Gasteiger partial charge in [-0.1, -0.05) is 31.0 Å². The van der Waals surface area contributed by atoms with Crippen LogP contribution in [0.25, 0.3) is 11.5 Å². The van der Waals surface area contributed by atoms with Crippen LogP contribution in [0.15, 0.2) is 59.3 Å². The lowest BCUT2D eigenvalue weighted by Crippen LogP contribution is -2.07. The number of ketones is 1. The molecule has 0 atom stereocenters. The van der Waals surface area contributed by atoms with E-state index in [0.717, 1.165) is 37.1 Å². The number of unbranched alkanes of at least 4 members (excludes halogenated alkanes) is 3. The van der Waals surface area contributed by atoms with Gasteiger partial charge < -0.3 is 4.42 Å². The van der Waals surface area contributed by atoms with Crippen LogP contribution in [0.5, 0.6) is 0 Å². The molecule has 2 aromatic heterocycles. The van der Waals surface area contributed by atoms with Crippen molar-refractivity contribution in [3.05, 3.63) is 71.9 Å². The average Bonchev–Trinajstić information content (AvgIpc) is 3.19.